The van der Waals surface area contributed by atoms with E-state index in [0.29, 0.717) is 16.9 Å². The van der Waals surface area contributed by atoms with Crippen LogP contribution in [0, 0.1) is 0 Å². The predicted molar refractivity (Wildman–Crippen MR) is 59.7 cm³/mol. The molecule has 2 rings (SSSR count). The number of benzene rings is 1. The van der Waals surface area contributed by atoms with E-state index in [4.69, 9.17) is 5.73 Å². The van der Waals surface area contributed by atoms with Gasteiger partial charge in [0.1, 0.15) is 5.75 Å². The molecule has 1 heterocycles. The maximum Gasteiger partial charge on any atom is 0.387 e. The monoisotopic (exact) mass is 239 g/mol. The molecule has 0 fully saturated rings. The summed E-state index contributed by atoms with van der Waals surface area (Å²) < 4.78 is 30.5. The van der Waals surface area contributed by atoms with Gasteiger partial charge in [-0.1, -0.05) is 12.1 Å². The topological polar surface area (TPSA) is 53.1 Å². The smallest absolute Gasteiger partial charge is 0.387 e. The highest BCUT2D eigenvalue weighted by Crippen LogP contribution is 2.33. The minimum Gasteiger partial charge on any atom is -0.434 e. The van der Waals surface area contributed by atoms with Crippen LogP contribution in [0.3, 0.4) is 0 Å². The third kappa shape index (κ3) is 2.20. The van der Waals surface area contributed by atoms with Crippen molar-refractivity contribution in [3.63, 3.8) is 0 Å². The van der Waals surface area contributed by atoms with Crippen LogP contribution in [0.1, 0.15) is 0 Å². The van der Waals surface area contributed by atoms with Gasteiger partial charge in [-0.15, -0.1) is 0 Å². The fourth-order valence-electron chi connectivity index (χ4n) is 1.65. The van der Waals surface area contributed by atoms with Crippen LogP contribution in [0.2, 0.25) is 0 Å². The van der Waals surface area contributed by atoms with Crippen LogP contribution in [0.25, 0.3) is 11.3 Å². The molecule has 0 aliphatic rings. The number of nitrogens with zero attached hydrogens (tertiary/aromatic N) is 2. The van der Waals surface area contributed by atoms with Crippen molar-refractivity contribution in [2.24, 2.45) is 7.05 Å². The SMILES string of the molecule is Cn1ncc(N)c1-c1ccccc1OC(F)F. The number of alkyl halides is 2. The average molecular weight is 239 g/mol. The van der Waals surface area contributed by atoms with Crippen molar-refractivity contribution in [3.05, 3.63) is 30.5 Å². The van der Waals surface area contributed by atoms with Gasteiger partial charge in [-0.05, 0) is 12.1 Å². The van der Waals surface area contributed by atoms with E-state index < -0.39 is 6.61 Å². The molecule has 1 aromatic carbocycles. The molecule has 17 heavy (non-hydrogen) atoms. The Kier molecular flexibility index (Phi) is 2.95. The molecule has 0 spiro atoms. The standard InChI is InChI=1S/C11H11F2N3O/c1-16-10(8(14)6-15-16)7-4-2-3-5-9(7)17-11(12)13/h2-6,11H,14H2,1H3. The molecule has 4 nitrogen and oxygen atoms in total. The van der Waals surface area contributed by atoms with Crippen LogP contribution >= 0.6 is 0 Å². The highest BCUT2D eigenvalue weighted by Gasteiger charge is 2.15. The maximum atomic E-state index is 12.3. The molecule has 1 aromatic heterocycles. The molecular weight excluding hydrogens is 228 g/mol. The van der Waals surface area contributed by atoms with E-state index in [-0.39, 0.29) is 5.75 Å². The Hall–Kier alpha value is -2.11. The first-order valence-electron chi connectivity index (χ1n) is 4.91. The molecule has 0 aliphatic carbocycles. The summed E-state index contributed by atoms with van der Waals surface area (Å²) in [6.07, 6.45) is 1.47. The summed E-state index contributed by atoms with van der Waals surface area (Å²) in [6, 6.07) is 6.47. The fourth-order valence-corrected chi connectivity index (χ4v) is 1.65. The van der Waals surface area contributed by atoms with E-state index in [9.17, 15) is 8.78 Å². The van der Waals surface area contributed by atoms with Crippen LogP contribution < -0.4 is 10.5 Å². The van der Waals surface area contributed by atoms with Gasteiger partial charge >= 0.3 is 6.61 Å². The summed E-state index contributed by atoms with van der Waals surface area (Å²) in [4.78, 5) is 0. The number of hydrogen-bond donors (Lipinski definition) is 1. The van der Waals surface area contributed by atoms with Crippen LogP contribution in [-0.2, 0) is 7.05 Å². The molecule has 0 atom stereocenters. The van der Waals surface area contributed by atoms with Crippen molar-refractivity contribution in [1.29, 1.82) is 0 Å². The van der Waals surface area contributed by atoms with Gasteiger partial charge in [0, 0.05) is 12.6 Å². The van der Waals surface area contributed by atoms with Crippen molar-refractivity contribution >= 4 is 5.69 Å². The highest BCUT2D eigenvalue weighted by atomic mass is 19.3. The minimum atomic E-state index is -2.87. The van der Waals surface area contributed by atoms with Gasteiger partial charge in [0.25, 0.3) is 0 Å². The highest BCUT2D eigenvalue weighted by molar-refractivity contribution is 5.77. The Bertz CT molecular complexity index is 506. The number of ether oxygens (including phenoxy) is 1. The molecule has 0 radical (unpaired) electrons. The lowest BCUT2D eigenvalue weighted by atomic mass is 10.1. The third-order valence-electron chi connectivity index (χ3n) is 2.33. The molecule has 0 saturated heterocycles. The molecule has 0 unspecified atom stereocenters. The molecular formula is C11H11F2N3O. The average Bonchev–Trinajstić information content (AvgIpc) is 2.59. The quantitative estimate of drug-likeness (QED) is 0.893. The first kappa shape index (κ1) is 11.4. The molecule has 90 valence electrons. The van der Waals surface area contributed by atoms with Gasteiger partial charge in [-0.2, -0.15) is 13.9 Å². The summed E-state index contributed by atoms with van der Waals surface area (Å²) >= 11 is 0. The molecule has 0 bridgehead atoms. The first-order valence-corrected chi connectivity index (χ1v) is 4.91. The number of para-hydroxylation sites is 1. The van der Waals surface area contributed by atoms with Crippen molar-refractivity contribution in [2.75, 3.05) is 5.73 Å². The predicted octanol–water partition coefficient (Wildman–Crippen LogP) is 2.27. The van der Waals surface area contributed by atoms with Gasteiger partial charge in [-0.25, -0.2) is 0 Å². The Morgan fingerprint density at radius 3 is 2.65 bits per heavy atom. The summed E-state index contributed by atoms with van der Waals surface area (Å²) in [6.45, 7) is -2.87. The number of nitrogens with two attached hydrogens (primary N) is 1. The molecule has 0 aliphatic heterocycles. The zero-order chi connectivity index (χ0) is 12.4. The van der Waals surface area contributed by atoms with Crippen molar-refractivity contribution < 1.29 is 13.5 Å². The second kappa shape index (κ2) is 4.40. The van der Waals surface area contributed by atoms with E-state index >= 15 is 0 Å². The number of hydrogen-bond acceptors (Lipinski definition) is 3. The third-order valence-corrected chi connectivity index (χ3v) is 2.33. The van der Waals surface area contributed by atoms with Crippen LogP contribution in [-0.4, -0.2) is 16.4 Å². The second-order valence-corrected chi connectivity index (χ2v) is 3.45. The van der Waals surface area contributed by atoms with E-state index in [1.54, 1.807) is 25.2 Å². The minimum absolute atomic E-state index is 0.0813. The number of aryl methyl sites for hydroxylation is 1. The van der Waals surface area contributed by atoms with E-state index in [0.717, 1.165) is 0 Å². The summed E-state index contributed by atoms with van der Waals surface area (Å²) in [5, 5.41) is 3.96. The van der Waals surface area contributed by atoms with E-state index in [2.05, 4.69) is 9.84 Å². The lowest BCUT2D eigenvalue weighted by Crippen LogP contribution is -2.04. The van der Waals surface area contributed by atoms with Crippen LogP contribution in [0.4, 0.5) is 14.5 Å². The molecule has 0 saturated carbocycles. The zero-order valence-corrected chi connectivity index (χ0v) is 9.10. The molecule has 2 aromatic rings. The van der Waals surface area contributed by atoms with Crippen LogP contribution in [0.15, 0.2) is 30.5 Å². The van der Waals surface area contributed by atoms with Gasteiger partial charge in [0.2, 0.25) is 0 Å². The summed E-state index contributed by atoms with van der Waals surface area (Å²) in [5.74, 6) is 0.0813. The normalized spacial score (nSPS) is 10.8. The number of anilines is 1. The lowest BCUT2D eigenvalue weighted by molar-refractivity contribution is -0.0494. The van der Waals surface area contributed by atoms with Gasteiger partial charge in [-0.3, -0.25) is 4.68 Å². The first-order chi connectivity index (χ1) is 8.09. The van der Waals surface area contributed by atoms with Gasteiger partial charge < -0.3 is 10.5 Å². The molecule has 0 amide bonds. The number of nitrogen functional groups attached to an aromatic ring is 1. The molecule has 2 N–H and O–H groups in total. The summed E-state index contributed by atoms with van der Waals surface area (Å²) in [7, 11) is 1.69. The largest absolute Gasteiger partial charge is 0.434 e. The van der Waals surface area contributed by atoms with Crippen molar-refractivity contribution in [3.8, 4) is 17.0 Å². The number of aromatic nitrogens is 2. The Morgan fingerprint density at radius 2 is 2.06 bits per heavy atom. The lowest BCUT2D eigenvalue weighted by Gasteiger charge is -2.11. The van der Waals surface area contributed by atoms with Crippen molar-refractivity contribution in [1.82, 2.24) is 9.78 Å². The van der Waals surface area contributed by atoms with Crippen LogP contribution in [0.5, 0.6) is 5.75 Å². The Balaban J connectivity index is 2.52. The second-order valence-electron chi connectivity index (χ2n) is 3.45. The van der Waals surface area contributed by atoms with Crippen molar-refractivity contribution in [2.45, 2.75) is 6.61 Å². The maximum absolute atomic E-state index is 12.3. The van der Waals surface area contributed by atoms with Gasteiger partial charge in [0.15, 0.2) is 0 Å². The number of halogens is 2. The van der Waals surface area contributed by atoms with E-state index in [1.165, 1.54) is 16.9 Å². The fraction of sp³-hybridized carbons (Fsp3) is 0.182. The number of rotatable bonds is 3. The van der Waals surface area contributed by atoms with Gasteiger partial charge in [0.05, 0.1) is 17.6 Å². The molecule has 6 heteroatoms. The summed E-state index contributed by atoms with van der Waals surface area (Å²) in [5.41, 5.74) is 7.21. The Morgan fingerprint density at radius 1 is 1.35 bits per heavy atom. The zero-order valence-electron chi connectivity index (χ0n) is 9.10. The Labute approximate surface area is 96.6 Å². The van der Waals surface area contributed by atoms with E-state index in [1.807, 2.05) is 0 Å².